The van der Waals surface area contributed by atoms with E-state index in [1.165, 1.54) is 0 Å². The minimum atomic E-state index is -0.147. The molecule has 1 heterocycles. The van der Waals surface area contributed by atoms with Crippen molar-refractivity contribution >= 4 is 0 Å². The van der Waals surface area contributed by atoms with Gasteiger partial charge in [-0.25, -0.2) is 9.67 Å². The molecular formula is C10H17N3O. The van der Waals surface area contributed by atoms with Gasteiger partial charge in [0, 0.05) is 5.92 Å². The van der Waals surface area contributed by atoms with Crippen LogP contribution in [-0.2, 0) is 0 Å². The van der Waals surface area contributed by atoms with Gasteiger partial charge in [-0.2, -0.15) is 5.10 Å². The van der Waals surface area contributed by atoms with Gasteiger partial charge in [-0.1, -0.05) is 13.8 Å². The van der Waals surface area contributed by atoms with Crippen molar-refractivity contribution in [1.82, 2.24) is 14.8 Å². The second kappa shape index (κ2) is 3.69. The fraction of sp³-hybridized carbons (Fsp3) is 0.800. The van der Waals surface area contributed by atoms with E-state index in [4.69, 9.17) is 0 Å². The Morgan fingerprint density at radius 3 is 2.79 bits per heavy atom. The Labute approximate surface area is 84.0 Å². The van der Waals surface area contributed by atoms with Gasteiger partial charge < -0.3 is 5.11 Å². The van der Waals surface area contributed by atoms with E-state index < -0.39 is 0 Å². The van der Waals surface area contributed by atoms with Crippen LogP contribution in [0.2, 0.25) is 0 Å². The maximum absolute atomic E-state index is 9.42. The van der Waals surface area contributed by atoms with E-state index in [9.17, 15) is 5.11 Å². The summed E-state index contributed by atoms with van der Waals surface area (Å²) in [4.78, 5) is 4.26. The summed E-state index contributed by atoms with van der Waals surface area (Å²) in [6.07, 6.45) is 4.37. The molecule has 2 atom stereocenters. The first-order chi connectivity index (χ1) is 6.66. The van der Waals surface area contributed by atoms with Gasteiger partial charge in [0.25, 0.3) is 0 Å². The molecule has 4 heteroatoms. The standard InChI is InChI=1S/C10H17N3O/c1-7(2)10-11-6-13(12-10)8-3-4-9(14)5-8/h6-9,14H,3-5H2,1-2H3. The molecule has 1 fully saturated rings. The van der Waals surface area contributed by atoms with Crippen LogP contribution >= 0.6 is 0 Å². The van der Waals surface area contributed by atoms with E-state index in [1.54, 1.807) is 6.33 Å². The molecule has 0 bridgehead atoms. The van der Waals surface area contributed by atoms with E-state index in [0.29, 0.717) is 12.0 Å². The maximum atomic E-state index is 9.42. The van der Waals surface area contributed by atoms with Crippen molar-refractivity contribution in [3.8, 4) is 0 Å². The van der Waals surface area contributed by atoms with Gasteiger partial charge in [0.15, 0.2) is 5.82 Å². The number of aromatic nitrogens is 3. The van der Waals surface area contributed by atoms with Crippen LogP contribution in [0.5, 0.6) is 0 Å². The SMILES string of the molecule is CC(C)c1ncn(C2CCC(O)C2)n1. The third-order valence-corrected chi connectivity index (χ3v) is 2.79. The minimum Gasteiger partial charge on any atom is -0.393 e. The molecule has 1 aromatic rings. The van der Waals surface area contributed by atoms with Crippen molar-refractivity contribution in [2.24, 2.45) is 0 Å². The highest BCUT2D eigenvalue weighted by molar-refractivity contribution is 4.91. The van der Waals surface area contributed by atoms with Crippen LogP contribution in [0.25, 0.3) is 0 Å². The summed E-state index contributed by atoms with van der Waals surface area (Å²) in [5, 5.41) is 13.8. The van der Waals surface area contributed by atoms with Gasteiger partial charge in [-0.3, -0.25) is 0 Å². The van der Waals surface area contributed by atoms with Gasteiger partial charge in [-0.05, 0) is 19.3 Å². The number of hydrogen-bond acceptors (Lipinski definition) is 3. The molecule has 0 aromatic carbocycles. The van der Waals surface area contributed by atoms with Crippen molar-refractivity contribution in [3.63, 3.8) is 0 Å². The summed E-state index contributed by atoms with van der Waals surface area (Å²) in [5.41, 5.74) is 0. The quantitative estimate of drug-likeness (QED) is 0.777. The lowest BCUT2D eigenvalue weighted by molar-refractivity contribution is 0.177. The predicted molar refractivity (Wildman–Crippen MR) is 53.0 cm³/mol. The number of nitrogens with zero attached hydrogens (tertiary/aromatic N) is 3. The highest BCUT2D eigenvalue weighted by atomic mass is 16.3. The molecule has 2 unspecified atom stereocenters. The molecule has 1 aliphatic rings. The number of hydrogen-bond donors (Lipinski definition) is 1. The first-order valence-corrected chi connectivity index (χ1v) is 5.26. The Balaban J connectivity index is 2.09. The highest BCUT2D eigenvalue weighted by Gasteiger charge is 2.25. The number of aliphatic hydroxyl groups is 1. The third kappa shape index (κ3) is 1.80. The maximum Gasteiger partial charge on any atom is 0.153 e. The van der Waals surface area contributed by atoms with Gasteiger partial charge in [-0.15, -0.1) is 0 Å². The van der Waals surface area contributed by atoms with Crippen LogP contribution in [0.4, 0.5) is 0 Å². The monoisotopic (exact) mass is 195 g/mol. The lowest BCUT2D eigenvalue weighted by Crippen LogP contribution is -2.08. The van der Waals surface area contributed by atoms with E-state index in [0.717, 1.165) is 25.1 Å². The number of rotatable bonds is 2. The van der Waals surface area contributed by atoms with Gasteiger partial charge in [0.1, 0.15) is 6.33 Å². The van der Waals surface area contributed by atoms with Crippen LogP contribution in [0.15, 0.2) is 6.33 Å². The topological polar surface area (TPSA) is 50.9 Å². The Bertz CT molecular complexity index is 308. The fourth-order valence-electron chi connectivity index (χ4n) is 1.90. The van der Waals surface area contributed by atoms with Crippen LogP contribution in [0, 0.1) is 0 Å². The largest absolute Gasteiger partial charge is 0.393 e. The predicted octanol–water partition coefficient (Wildman–Crippen LogP) is 1.49. The highest BCUT2D eigenvalue weighted by Crippen LogP contribution is 2.29. The first-order valence-electron chi connectivity index (χ1n) is 5.26. The molecule has 14 heavy (non-hydrogen) atoms. The van der Waals surface area contributed by atoms with Gasteiger partial charge in [0.2, 0.25) is 0 Å². The molecule has 0 aliphatic heterocycles. The molecular weight excluding hydrogens is 178 g/mol. The molecule has 1 N–H and O–H groups in total. The molecule has 0 saturated heterocycles. The second-order valence-corrected chi connectivity index (χ2v) is 4.36. The van der Waals surface area contributed by atoms with E-state index in [2.05, 4.69) is 23.9 Å². The van der Waals surface area contributed by atoms with Crippen molar-refractivity contribution in [2.75, 3.05) is 0 Å². The Kier molecular flexibility index (Phi) is 2.54. The summed E-state index contributed by atoms with van der Waals surface area (Å²) in [6.45, 7) is 4.17. The zero-order valence-electron chi connectivity index (χ0n) is 8.72. The smallest absolute Gasteiger partial charge is 0.153 e. The van der Waals surface area contributed by atoms with Crippen molar-refractivity contribution in [3.05, 3.63) is 12.2 Å². The molecule has 1 saturated carbocycles. The van der Waals surface area contributed by atoms with Crippen LogP contribution in [0.3, 0.4) is 0 Å². The average Bonchev–Trinajstić information content (AvgIpc) is 2.70. The summed E-state index contributed by atoms with van der Waals surface area (Å²) in [6, 6.07) is 0.352. The van der Waals surface area contributed by atoms with Gasteiger partial charge >= 0.3 is 0 Å². The minimum absolute atomic E-state index is 0.147. The van der Waals surface area contributed by atoms with E-state index >= 15 is 0 Å². The molecule has 1 aromatic heterocycles. The van der Waals surface area contributed by atoms with E-state index in [-0.39, 0.29) is 6.10 Å². The van der Waals surface area contributed by atoms with Crippen molar-refractivity contribution < 1.29 is 5.11 Å². The fourth-order valence-corrected chi connectivity index (χ4v) is 1.90. The summed E-state index contributed by atoms with van der Waals surface area (Å²) in [5.74, 6) is 1.27. The summed E-state index contributed by atoms with van der Waals surface area (Å²) < 4.78 is 1.91. The zero-order chi connectivity index (χ0) is 10.1. The average molecular weight is 195 g/mol. The Hall–Kier alpha value is -0.900. The second-order valence-electron chi connectivity index (χ2n) is 4.36. The third-order valence-electron chi connectivity index (χ3n) is 2.79. The van der Waals surface area contributed by atoms with Crippen LogP contribution < -0.4 is 0 Å². The summed E-state index contributed by atoms with van der Waals surface area (Å²) in [7, 11) is 0. The Morgan fingerprint density at radius 1 is 1.50 bits per heavy atom. The van der Waals surface area contributed by atoms with Crippen LogP contribution in [-0.4, -0.2) is 26.0 Å². The summed E-state index contributed by atoms with van der Waals surface area (Å²) >= 11 is 0. The molecule has 0 spiro atoms. The molecule has 4 nitrogen and oxygen atoms in total. The Morgan fingerprint density at radius 2 is 2.29 bits per heavy atom. The van der Waals surface area contributed by atoms with Crippen molar-refractivity contribution in [1.29, 1.82) is 0 Å². The lowest BCUT2D eigenvalue weighted by atomic mass is 10.2. The molecule has 0 amide bonds. The van der Waals surface area contributed by atoms with Crippen molar-refractivity contribution in [2.45, 2.75) is 51.2 Å². The molecule has 2 rings (SSSR count). The first kappa shape index (κ1) is 9.65. The molecule has 0 radical (unpaired) electrons. The normalized spacial score (nSPS) is 27.4. The number of aliphatic hydroxyl groups excluding tert-OH is 1. The van der Waals surface area contributed by atoms with Crippen LogP contribution in [0.1, 0.15) is 50.9 Å². The molecule has 1 aliphatic carbocycles. The zero-order valence-corrected chi connectivity index (χ0v) is 8.72. The lowest BCUT2D eigenvalue weighted by Gasteiger charge is -2.08. The van der Waals surface area contributed by atoms with Gasteiger partial charge in [0.05, 0.1) is 12.1 Å². The molecule has 78 valence electrons. The van der Waals surface area contributed by atoms with E-state index in [1.807, 2.05) is 4.68 Å².